The van der Waals surface area contributed by atoms with Crippen molar-refractivity contribution >= 4 is 17.7 Å². The van der Waals surface area contributed by atoms with Crippen LogP contribution in [0.5, 0.6) is 0 Å². The van der Waals surface area contributed by atoms with Gasteiger partial charge in [0.2, 0.25) is 5.91 Å². The van der Waals surface area contributed by atoms with Crippen molar-refractivity contribution in [1.82, 2.24) is 10.2 Å². The summed E-state index contributed by atoms with van der Waals surface area (Å²) in [7, 11) is 0. The number of hydrogen-bond donors (Lipinski definition) is 1. The zero-order valence-electron chi connectivity index (χ0n) is 11.6. The molecule has 1 aromatic carbocycles. The van der Waals surface area contributed by atoms with Gasteiger partial charge in [0, 0.05) is 38.3 Å². The summed E-state index contributed by atoms with van der Waals surface area (Å²) in [5, 5.41) is 14.3. The van der Waals surface area contributed by atoms with Crippen molar-refractivity contribution in [3.63, 3.8) is 0 Å². The Balaban J connectivity index is 1.69. The van der Waals surface area contributed by atoms with Gasteiger partial charge in [-0.05, 0) is 24.0 Å². The topological polar surface area (TPSA) is 75.5 Å². The number of nitrogens with zero attached hydrogens (tertiary/aromatic N) is 2. The second-order valence-electron chi connectivity index (χ2n) is 5.57. The molecule has 0 radical (unpaired) electrons. The number of hydrogen-bond acceptors (Lipinski definition) is 4. The molecular formula is C15H17N3O3. The van der Waals surface area contributed by atoms with Gasteiger partial charge in [-0.15, -0.1) is 0 Å². The molecule has 0 spiro atoms. The number of nitro groups is 1. The maximum atomic E-state index is 12.2. The first-order valence-electron chi connectivity index (χ1n) is 7.06. The minimum atomic E-state index is -0.434. The fourth-order valence-electron chi connectivity index (χ4n) is 3.10. The van der Waals surface area contributed by atoms with Crippen molar-refractivity contribution in [2.75, 3.05) is 26.2 Å². The Morgan fingerprint density at radius 3 is 2.62 bits per heavy atom. The third-order valence-corrected chi connectivity index (χ3v) is 4.24. The van der Waals surface area contributed by atoms with E-state index in [0.717, 1.165) is 26.2 Å². The number of fused-ring (bicyclic) bond motifs is 1. The second kappa shape index (κ2) is 5.65. The Hall–Kier alpha value is -2.21. The van der Waals surface area contributed by atoms with Crippen LogP contribution in [0.4, 0.5) is 5.69 Å². The van der Waals surface area contributed by atoms with E-state index in [1.807, 2.05) is 4.90 Å². The Bertz CT molecular complexity index is 588. The smallest absolute Gasteiger partial charge is 0.276 e. The van der Waals surface area contributed by atoms with Gasteiger partial charge < -0.3 is 10.2 Å². The van der Waals surface area contributed by atoms with Gasteiger partial charge in [-0.2, -0.15) is 0 Å². The van der Waals surface area contributed by atoms with Gasteiger partial charge in [0.05, 0.1) is 10.5 Å². The molecule has 21 heavy (non-hydrogen) atoms. The van der Waals surface area contributed by atoms with E-state index in [1.165, 1.54) is 18.2 Å². The van der Waals surface area contributed by atoms with Crippen molar-refractivity contribution in [2.24, 2.45) is 11.8 Å². The molecule has 6 heteroatoms. The lowest BCUT2D eigenvalue weighted by Gasteiger charge is -2.14. The first-order valence-corrected chi connectivity index (χ1v) is 7.06. The summed E-state index contributed by atoms with van der Waals surface area (Å²) in [4.78, 5) is 24.5. The molecule has 3 rings (SSSR count). The SMILES string of the molecule is O=C(C=Cc1ccccc1[N+](=O)[O-])N1CC2CNCC2C1. The molecule has 2 fully saturated rings. The van der Waals surface area contributed by atoms with E-state index in [4.69, 9.17) is 0 Å². The lowest BCUT2D eigenvalue weighted by molar-refractivity contribution is -0.385. The molecule has 2 aliphatic heterocycles. The average molecular weight is 287 g/mol. The molecule has 0 aliphatic carbocycles. The summed E-state index contributed by atoms with van der Waals surface area (Å²) >= 11 is 0. The highest BCUT2D eigenvalue weighted by atomic mass is 16.6. The van der Waals surface area contributed by atoms with Crippen molar-refractivity contribution in [3.05, 3.63) is 46.0 Å². The number of benzene rings is 1. The third kappa shape index (κ3) is 2.80. The average Bonchev–Trinajstić information content (AvgIpc) is 3.06. The fraction of sp³-hybridized carbons (Fsp3) is 0.400. The van der Waals surface area contributed by atoms with Gasteiger partial charge in [-0.1, -0.05) is 12.1 Å². The molecule has 6 nitrogen and oxygen atoms in total. The highest BCUT2D eigenvalue weighted by Crippen LogP contribution is 2.26. The van der Waals surface area contributed by atoms with Crippen molar-refractivity contribution < 1.29 is 9.72 Å². The number of nitrogens with one attached hydrogen (secondary N) is 1. The maximum Gasteiger partial charge on any atom is 0.276 e. The molecule has 2 heterocycles. The van der Waals surface area contributed by atoms with E-state index in [-0.39, 0.29) is 11.6 Å². The zero-order valence-corrected chi connectivity index (χ0v) is 11.6. The molecule has 0 aromatic heterocycles. The zero-order chi connectivity index (χ0) is 14.8. The van der Waals surface area contributed by atoms with Crippen LogP contribution in [-0.4, -0.2) is 41.9 Å². The van der Waals surface area contributed by atoms with Gasteiger partial charge >= 0.3 is 0 Å². The van der Waals surface area contributed by atoms with Gasteiger partial charge in [0.1, 0.15) is 0 Å². The summed E-state index contributed by atoms with van der Waals surface area (Å²) in [5.41, 5.74) is 0.473. The number of amides is 1. The van der Waals surface area contributed by atoms with Crippen LogP contribution in [0, 0.1) is 22.0 Å². The molecule has 1 aromatic rings. The van der Waals surface area contributed by atoms with E-state index in [1.54, 1.807) is 18.2 Å². The lowest BCUT2D eigenvalue weighted by atomic mass is 10.0. The van der Waals surface area contributed by atoms with E-state index >= 15 is 0 Å². The van der Waals surface area contributed by atoms with E-state index in [2.05, 4.69) is 5.32 Å². The normalized spacial score (nSPS) is 24.5. The largest absolute Gasteiger partial charge is 0.338 e. The van der Waals surface area contributed by atoms with Crippen LogP contribution in [0.2, 0.25) is 0 Å². The molecule has 2 saturated heterocycles. The number of rotatable bonds is 3. The first-order chi connectivity index (χ1) is 10.1. The molecule has 110 valence electrons. The number of carbonyl (C=O) groups is 1. The second-order valence-corrected chi connectivity index (χ2v) is 5.57. The molecule has 2 atom stereocenters. The highest BCUT2D eigenvalue weighted by Gasteiger charge is 2.37. The monoisotopic (exact) mass is 287 g/mol. The molecule has 1 N–H and O–H groups in total. The minimum absolute atomic E-state index is 0.0176. The first kappa shape index (κ1) is 13.8. The quantitative estimate of drug-likeness (QED) is 0.516. The van der Waals surface area contributed by atoms with Crippen LogP contribution in [0.1, 0.15) is 5.56 Å². The summed E-state index contributed by atoms with van der Waals surface area (Å²) < 4.78 is 0. The summed E-state index contributed by atoms with van der Waals surface area (Å²) in [6.45, 7) is 3.50. The Morgan fingerprint density at radius 1 is 1.29 bits per heavy atom. The standard InChI is InChI=1S/C15H17N3O3/c19-15(17-9-12-7-16-8-13(12)10-17)6-5-11-3-1-2-4-14(11)18(20)21/h1-6,12-13,16H,7-10H2. The van der Waals surface area contributed by atoms with Crippen LogP contribution in [0.15, 0.2) is 30.3 Å². The van der Waals surface area contributed by atoms with Crippen LogP contribution in [0.3, 0.4) is 0 Å². The van der Waals surface area contributed by atoms with Crippen molar-refractivity contribution in [3.8, 4) is 0 Å². The van der Waals surface area contributed by atoms with Gasteiger partial charge in [-0.3, -0.25) is 14.9 Å². The third-order valence-electron chi connectivity index (χ3n) is 4.24. The predicted molar refractivity (Wildman–Crippen MR) is 78.6 cm³/mol. The van der Waals surface area contributed by atoms with Crippen molar-refractivity contribution in [2.45, 2.75) is 0 Å². The Kier molecular flexibility index (Phi) is 3.70. The molecule has 0 saturated carbocycles. The number of carbonyl (C=O) groups excluding carboxylic acids is 1. The molecule has 0 bridgehead atoms. The Morgan fingerprint density at radius 2 is 1.95 bits per heavy atom. The number of likely N-dealkylation sites (tertiary alicyclic amines) is 1. The molecule has 1 amide bonds. The van der Waals surface area contributed by atoms with Crippen LogP contribution in [-0.2, 0) is 4.79 Å². The van der Waals surface area contributed by atoms with Crippen LogP contribution < -0.4 is 5.32 Å². The highest BCUT2D eigenvalue weighted by molar-refractivity contribution is 5.92. The Labute approximate surface area is 122 Å². The van der Waals surface area contributed by atoms with E-state index < -0.39 is 4.92 Å². The van der Waals surface area contributed by atoms with Crippen LogP contribution in [0.25, 0.3) is 6.08 Å². The minimum Gasteiger partial charge on any atom is -0.338 e. The predicted octanol–water partition coefficient (Wildman–Crippen LogP) is 1.29. The maximum absolute atomic E-state index is 12.2. The van der Waals surface area contributed by atoms with Gasteiger partial charge in [-0.25, -0.2) is 0 Å². The fourth-order valence-corrected chi connectivity index (χ4v) is 3.10. The summed E-state index contributed by atoms with van der Waals surface area (Å²) in [6, 6.07) is 6.43. The van der Waals surface area contributed by atoms with E-state index in [9.17, 15) is 14.9 Å². The summed E-state index contributed by atoms with van der Waals surface area (Å²) in [6.07, 6.45) is 2.98. The number of nitro benzene ring substituents is 1. The number of para-hydroxylation sites is 1. The van der Waals surface area contributed by atoms with Crippen LogP contribution >= 0.6 is 0 Å². The summed E-state index contributed by atoms with van der Waals surface area (Å²) in [5.74, 6) is 1.03. The molecule has 2 unspecified atom stereocenters. The molecule has 2 aliphatic rings. The van der Waals surface area contributed by atoms with Gasteiger partial charge in [0.25, 0.3) is 5.69 Å². The van der Waals surface area contributed by atoms with Gasteiger partial charge in [0.15, 0.2) is 0 Å². The van der Waals surface area contributed by atoms with Crippen molar-refractivity contribution in [1.29, 1.82) is 0 Å². The molecular weight excluding hydrogens is 270 g/mol. The lowest BCUT2D eigenvalue weighted by Crippen LogP contribution is -2.30. The van der Waals surface area contributed by atoms with E-state index in [0.29, 0.717) is 17.4 Å².